The molecule has 2 rings (SSSR count). The molecule has 1 saturated heterocycles. The highest BCUT2D eigenvalue weighted by molar-refractivity contribution is 7.99. The Bertz CT molecular complexity index is 169. The molecule has 1 nitrogen and oxygen atoms in total. The predicted octanol–water partition coefficient (Wildman–Crippen LogP) is 3.30. The van der Waals surface area contributed by atoms with Crippen molar-refractivity contribution in [1.82, 2.24) is 5.32 Å². The second kappa shape index (κ2) is 6.15. The minimum absolute atomic E-state index is 0.846. The van der Waals surface area contributed by atoms with Gasteiger partial charge in [0.15, 0.2) is 0 Å². The Morgan fingerprint density at radius 2 is 1.87 bits per heavy atom. The predicted molar refractivity (Wildman–Crippen MR) is 69.5 cm³/mol. The highest BCUT2D eigenvalue weighted by Crippen LogP contribution is 2.27. The zero-order valence-electron chi connectivity index (χ0n) is 10.0. The van der Waals surface area contributed by atoms with Gasteiger partial charge in [-0.15, -0.1) is 0 Å². The molecule has 0 bridgehead atoms. The molecule has 1 saturated carbocycles. The van der Waals surface area contributed by atoms with E-state index in [-0.39, 0.29) is 0 Å². The zero-order chi connectivity index (χ0) is 10.5. The molecule has 2 fully saturated rings. The molecule has 1 N–H and O–H groups in total. The molecule has 0 spiro atoms. The first kappa shape index (κ1) is 11.8. The minimum Gasteiger partial charge on any atom is -0.314 e. The van der Waals surface area contributed by atoms with E-state index in [1.54, 1.807) is 0 Å². The summed E-state index contributed by atoms with van der Waals surface area (Å²) in [6, 6.07) is 0.846. The van der Waals surface area contributed by atoms with Gasteiger partial charge in [-0.25, -0.2) is 0 Å². The van der Waals surface area contributed by atoms with Crippen LogP contribution in [0.5, 0.6) is 0 Å². The summed E-state index contributed by atoms with van der Waals surface area (Å²) in [6.07, 6.45) is 8.63. The number of rotatable bonds is 4. The smallest absolute Gasteiger partial charge is 0.00673 e. The van der Waals surface area contributed by atoms with Gasteiger partial charge >= 0.3 is 0 Å². The molecule has 1 heterocycles. The lowest BCUT2D eigenvalue weighted by Gasteiger charge is -2.29. The van der Waals surface area contributed by atoms with Crippen LogP contribution < -0.4 is 5.32 Å². The average Bonchev–Trinajstić information content (AvgIpc) is 2.80. The first-order valence-corrected chi connectivity index (χ1v) is 7.85. The van der Waals surface area contributed by atoms with Crippen LogP contribution in [0.25, 0.3) is 0 Å². The molecule has 0 aromatic carbocycles. The zero-order valence-corrected chi connectivity index (χ0v) is 10.8. The van der Waals surface area contributed by atoms with Gasteiger partial charge in [-0.2, -0.15) is 11.8 Å². The van der Waals surface area contributed by atoms with Crippen LogP contribution in [0.4, 0.5) is 0 Å². The maximum absolute atomic E-state index is 3.79. The second-order valence-corrected chi connectivity index (χ2v) is 6.41. The van der Waals surface area contributed by atoms with Crippen LogP contribution >= 0.6 is 11.8 Å². The van der Waals surface area contributed by atoms with E-state index in [4.69, 9.17) is 0 Å². The molecule has 1 aliphatic heterocycles. The third kappa shape index (κ3) is 3.67. The Labute approximate surface area is 98.8 Å². The third-order valence-electron chi connectivity index (χ3n) is 4.14. The van der Waals surface area contributed by atoms with Gasteiger partial charge in [-0.05, 0) is 62.0 Å². The van der Waals surface area contributed by atoms with Gasteiger partial charge in [-0.1, -0.05) is 13.3 Å². The van der Waals surface area contributed by atoms with Gasteiger partial charge in [0.1, 0.15) is 0 Å². The fourth-order valence-electron chi connectivity index (χ4n) is 2.85. The standard InChI is InChI=1S/C13H25NS/c1-2-11-3-5-13(6-4-11)14-9-12-7-8-15-10-12/h11-14H,2-10H2,1H3. The van der Waals surface area contributed by atoms with E-state index in [0.29, 0.717) is 0 Å². The monoisotopic (exact) mass is 227 g/mol. The van der Waals surface area contributed by atoms with Crippen molar-refractivity contribution in [3.63, 3.8) is 0 Å². The van der Waals surface area contributed by atoms with Gasteiger partial charge in [0.05, 0.1) is 0 Å². The van der Waals surface area contributed by atoms with Crippen molar-refractivity contribution in [2.75, 3.05) is 18.1 Å². The van der Waals surface area contributed by atoms with Crippen molar-refractivity contribution >= 4 is 11.8 Å². The van der Waals surface area contributed by atoms with Crippen LogP contribution in [0.3, 0.4) is 0 Å². The maximum atomic E-state index is 3.79. The summed E-state index contributed by atoms with van der Waals surface area (Å²) >= 11 is 2.13. The largest absolute Gasteiger partial charge is 0.314 e. The molecule has 88 valence electrons. The number of hydrogen-bond acceptors (Lipinski definition) is 2. The summed E-state index contributed by atoms with van der Waals surface area (Å²) in [5.41, 5.74) is 0. The third-order valence-corrected chi connectivity index (χ3v) is 5.37. The van der Waals surface area contributed by atoms with E-state index in [0.717, 1.165) is 17.9 Å². The lowest BCUT2D eigenvalue weighted by atomic mass is 9.84. The van der Waals surface area contributed by atoms with Crippen molar-refractivity contribution in [2.45, 2.75) is 51.5 Å². The minimum atomic E-state index is 0.846. The van der Waals surface area contributed by atoms with Gasteiger partial charge < -0.3 is 5.32 Å². The summed E-state index contributed by atoms with van der Waals surface area (Å²) in [7, 11) is 0. The Morgan fingerprint density at radius 1 is 1.07 bits per heavy atom. The van der Waals surface area contributed by atoms with E-state index in [9.17, 15) is 0 Å². The molecule has 1 unspecified atom stereocenters. The summed E-state index contributed by atoms with van der Waals surface area (Å²) in [4.78, 5) is 0. The SMILES string of the molecule is CCC1CCC(NCC2CCSC2)CC1. The molecule has 0 radical (unpaired) electrons. The van der Waals surface area contributed by atoms with Crippen molar-refractivity contribution in [3.05, 3.63) is 0 Å². The van der Waals surface area contributed by atoms with Gasteiger partial charge in [-0.3, -0.25) is 0 Å². The molecule has 1 atom stereocenters. The van der Waals surface area contributed by atoms with E-state index in [1.165, 1.54) is 56.6 Å². The van der Waals surface area contributed by atoms with Crippen LogP contribution in [0, 0.1) is 11.8 Å². The molecular weight excluding hydrogens is 202 g/mol. The van der Waals surface area contributed by atoms with Gasteiger partial charge in [0.25, 0.3) is 0 Å². The summed E-state index contributed by atoms with van der Waals surface area (Å²) in [6.45, 7) is 3.63. The number of thioether (sulfide) groups is 1. The van der Waals surface area contributed by atoms with E-state index < -0.39 is 0 Å². The molecule has 1 aliphatic carbocycles. The first-order valence-electron chi connectivity index (χ1n) is 6.69. The first-order chi connectivity index (χ1) is 7.38. The highest BCUT2D eigenvalue weighted by Gasteiger charge is 2.21. The molecule has 0 aromatic heterocycles. The fourth-order valence-corrected chi connectivity index (χ4v) is 4.14. The molecular formula is C13H25NS. The molecule has 0 aromatic rings. The van der Waals surface area contributed by atoms with Crippen LogP contribution in [-0.4, -0.2) is 24.1 Å². The van der Waals surface area contributed by atoms with Crippen LogP contribution in [0.15, 0.2) is 0 Å². The van der Waals surface area contributed by atoms with E-state index >= 15 is 0 Å². The number of nitrogens with one attached hydrogen (secondary N) is 1. The Morgan fingerprint density at radius 3 is 2.47 bits per heavy atom. The summed E-state index contributed by atoms with van der Waals surface area (Å²) in [5.74, 6) is 4.80. The van der Waals surface area contributed by atoms with Crippen molar-refractivity contribution in [3.8, 4) is 0 Å². The van der Waals surface area contributed by atoms with Crippen molar-refractivity contribution in [1.29, 1.82) is 0 Å². The lowest BCUT2D eigenvalue weighted by Crippen LogP contribution is -2.36. The van der Waals surface area contributed by atoms with Crippen LogP contribution in [0.2, 0.25) is 0 Å². The van der Waals surface area contributed by atoms with Crippen molar-refractivity contribution < 1.29 is 0 Å². The normalized spacial score (nSPS) is 37.0. The topological polar surface area (TPSA) is 12.0 Å². The van der Waals surface area contributed by atoms with Crippen molar-refractivity contribution in [2.24, 2.45) is 11.8 Å². The lowest BCUT2D eigenvalue weighted by molar-refractivity contribution is 0.279. The van der Waals surface area contributed by atoms with E-state index in [1.807, 2.05) is 0 Å². The Kier molecular flexibility index (Phi) is 4.83. The number of hydrogen-bond donors (Lipinski definition) is 1. The van der Waals surface area contributed by atoms with E-state index in [2.05, 4.69) is 24.0 Å². The second-order valence-electron chi connectivity index (χ2n) is 5.26. The fraction of sp³-hybridized carbons (Fsp3) is 1.00. The van der Waals surface area contributed by atoms with Gasteiger partial charge in [0.2, 0.25) is 0 Å². The summed E-state index contributed by atoms with van der Waals surface area (Å²) < 4.78 is 0. The Hall–Kier alpha value is 0.310. The maximum Gasteiger partial charge on any atom is 0.00673 e. The molecule has 2 aliphatic rings. The highest BCUT2D eigenvalue weighted by atomic mass is 32.2. The van der Waals surface area contributed by atoms with Gasteiger partial charge in [0, 0.05) is 6.04 Å². The summed E-state index contributed by atoms with van der Waals surface area (Å²) in [5, 5.41) is 3.79. The molecule has 15 heavy (non-hydrogen) atoms. The average molecular weight is 227 g/mol. The molecule has 2 heteroatoms. The van der Waals surface area contributed by atoms with Crippen LogP contribution in [0.1, 0.15) is 45.4 Å². The van der Waals surface area contributed by atoms with Crippen LogP contribution in [-0.2, 0) is 0 Å². The Balaban J connectivity index is 1.59. The quantitative estimate of drug-likeness (QED) is 0.791. The molecule has 0 amide bonds.